The molecule has 1 saturated carbocycles. The molecule has 1 heterocycles. The van der Waals surface area contributed by atoms with Crippen LogP contribution in [0.15, 0.2) is 47.4 Å². The fourth-order valence-corrected chi connectivity index (χ4v) is 6.26. The van der Waals surface area contributed by atoms with Gasteiger partial charge in [0.2, 0.25) is 10.0 Å². The number of aliphatic hydroxyl groups is 1. The van der Waals surface area contributed by atoms with Gasteiger partial charge in [0, 0.05) is 37.2 Å². The second kappa shape index (κ2) is 9.70. The van der Waals surface area contributed by atoms with Gasteiger partial charge in [0.05, 0.1) is 6.61 Å². The lowest BCUT2D eigenvalue weighted by atomic mass is 10.0. The fourth-order valence-electron chi connectivity index (χ4n) is 4.43. The second-order valence-corrected chi connectivity index (χ2v) is 11.4. The Balaban J connectivity index is 1.76. The molecule has 4 rings (SSSR count). The molecule has 1 N–H and O–H groups in total. The number of hydrogen-bond acceptors (Lipinski definition) is 5. The highest BCUT2D eigenvalue weighted by Crippen LogP contribution is 2.37. The van der Waals surface area contributed by atoms with Crippen LogP contribution in [-0.4, -0.2) is 68.2 Å². The van der Waals surface area contributed by atoms with Crippen molar-refractivity contribution in [1.29, 1.82) is 0 Å². The molecule has 2 aliphatic rings. The first-order valence-corrected chi connectivity index (χ1v) is 13.0. The van der Waals surface area contributed by atoms with Crippen molar-refractivity contribution in [2.75, 3.05) is 33.3 Å². The Bertz CT molecular complexity index is 1090. The molecule has 0 radical (unpaired) electrons. The van der Waals surface area contributed by atoms with Crippen LogP contribution in [0.25, 0.3) is 11.1 Å². The predicted molar refractivity (Wildman–Crippen MR) is 126 cm³/mol. The van der Waals surface area contributed by atoms with Crippen molar-refractivity contribution in [2.24, 2.45) is 11.8 Å². The quantitative estimate of drug-likeness (QED) is 0.661. The maximum absolute atomic E-state index is 14.5. The van der Waals surface area contributed by atoms with E-state index < -0.39 is 16.1 Å². The first-order chi connectivity index (χ1) is 15.7. The van der Waals surface area contributed by atoms with Crippen molar-refractivity contribution >= 4 is 10.0 Å². The predicted octanol–water partition coefficient (Wildman–Crippen LogP) is 3.60. The Morgan fingerprint density at radius 3 is 2.61 bits per heavy atom. The number of benzene rings is 2. The molecule has 8 heteroatoms. The van der Waals surface area contributed by atoms with Crippen molar-refractivity contribution in [3.63, 3.8) is 0 Å². The van der Waals surface area contributed by atoms with Gasteiger partial charge >= 0.3 is 0 Å². The number of rotatable bonds is 7. The lowest BCUT2D eigenvalue weighted by Gasteiger charge is -2.37. The minimum absolute atomic E-state index is 0.0460. The normalized spacial score (nSPS) is 23.9. The SMILES string of the molecule is C[C@@H]1CN([C@H](C)CO)S(=O)(=O)c2ccc(-c3ccccc3F)cc2O[C@@H]1CN(C)CC1CC1. The molecule has 0 spiro atoms. The molecular formula is C25H33FN2O4S. The Morgan fingerprint density at radius 1 is 1.21 bits per heavy atom. The average Bonchev–Trinajstić information content (AvgIpc) is 3.59. The average molecular weight is 477 g/mol. The van der Waals surface area contributed by atoms with Gasteiger partial charge in [-0.05, 0) is 56.5 Å². The molecule has 0 unspecified atom stereocenters. The summed E-state index contributed by atoms with van der Waals surface area (Å²) in [5.74, 6) is 0.462. The van der Waals surface area contributed by atoms with Crippen molar-refractivity contribution < 1.29 is 22.7 Å². The number of sulfonamides is 1. The topological polar surface area (TPSA) is 70.1 Å². The van der Waals surface area contributed by atoms with E-state index in [1.54, 1.807) is 37.3 Å². The number of nitrogens with zero attached hydrogens (tertiary/aromatic N) is 2. The zero-order valence-corrected chi connectivity index (χ0v) is 20.3. The minimum Gasteiger partial charge on any atom is -0.487 e. The Labute approximate surface area is 196 Å². The molecule has 0 aromatic heterocycles. The monoisotopic (exact) mass is 476 g/mol. The Kier molecular flexibility index (Phi) is 7.09. The van der Waals surface area contributed by atoms with E-state index in [2.05, 4.69) is 11.9 Å². The number of halogens is 1. The molecule has 3 atom stereocenters. The van der Waals surface area contributed by atoms with Crippen LogP contribution in [0.2, 0.25) is 0 Å². The molecular weight excluding hydrogens is 443 g/mol. The van der Waals surface area contributed by atoms with Crippen molar-refractivity contribution in [1.82, 2.24) is 9.21 Å². The molecule has 2 aromatic carbocycles. The molecule has 0 saturated heterocycles. The standard InChI is InChI=1S/C25H33FN2O4S/c1-17-13-28(18(2)16-29)33(30,31)25-11-10-20(21-6-4-5-7-22(21)26)12-23(25)32-24(17)15-27(3)14-19-8-9-19/h4-7,10-12,17-19,24,29H,8-9,13-16H2,1-3H3/t17-,18-,24-/m1/s1. The van der Waals surface area contributed by atoms with Crippen LogP contribution in [0.4, 0.5) is 4.39 Å². The number of ether oxygens (including phenoxy) is 1. The third kappa shape index (κ3) is 5.24. The van der Waals surface area contributed by atoms with E-state index in [-0.39, 0.29) is 41.6 Å². The van der Waals surface area contributed by atoms with Crippen LogP contribution in [0.3, 0.4) is 0 Å². The zero-order chi connectivity index (χ0) is 23.8. The highest BCUT2D eigenvalue weighted by atomic mass is 32.2. The summed E-state index contributed by atoms with van der Waals surface area (Å²) in [6, 6.07) is 10.6. The van der Waals surface area contributed by atoms with E-state index in [1.807, 2.05) is 6.92 Å². The van der Waals surface area contributed by atoms with Crippen LogP contribution >= 0.6 is 0 Å². The first-order valence-electron chi connectivity index (χ1n) is 11.6. The molecule has 1 aliphatic heterocycles. The molecule has 6 nitrogen and oxygen atoms in total. The largest absolute Gasteiger partial charge is 0.487 e. The smallest absolute Gasteiger partial charge is 0.247 e. The lowest BCUT2D eigenvalue weighted by molar-refractivity contribution is 0.0741. The van der Waals surface area contributed by atoms with Gasteiger partial charge < -0.3 is 14.7 Å². The summed E-state index contributed by atoms with van der Waals surface area (Å²) in [5, 5.41) is 9.77. The number of hydrogen-bond donors (Lipinski definition) is 1. The molecule has 2 aromatic rings. The van der Waals surface area contributed by atoms with Crippen LogP contribution in [0.5, 0.6) is 5.75 Å². The number of likely N-dealkylation sites (N-methyl/N-ethyl adjacent to an activating group) is 1. The third-order valence-corrected chi connectivity index (χ3v) is 8.63. The van der Waals surface area contributed by atoms with Gasteiger partial charge in [-0.2, -0.15) is 4.31 Å². The van der Waals surface area contributed by atoms with E-state index in [0.29, 0.717) is 17.7 Å². The van der Waals surface area contributed by atoms with Crippen LogP contribution in [-0.2, 0) is 10.0 Å². The van der Waals surface area contributed by atoms with Crippen molar-refractivity contribution in [3.05, 3.63) is 48.3 Å². The first kappa shape index (κ1) is 24.1. The van der Waals surface area contributed by atoms with Gasteiger partial charge in [-0.25, -0.2) is 12.8 Å². The Morgan fingerprint density at radius 2 is 1.94 bits per heavy atom. The molecule has 1 fully saturated rings. The van der Waals surface area contributed by atoms with E-state index in [1.165, 1.54) is 29.3 Å². The summed E-state index contributed by atoms with van der Waals surface area (Å²) in [5.41, 5.74) is 0.946. The highest BCUT2D eigenvalue weighted by Gasteiger charge is 2.38. The molecule has 0 amide bonds. The van der Waals surface area contributed by atoms with Crippen LogP contribution in [0.1, 0.15) is 26.7 Å². The number of aliphatic hydroxyl groups excluding tert-OH is 1. The van der Waals surface area contributed by atoms with E-state index in [9.17, 15) is 17.9 Å². The van der Waals surface area contributed by atoms with E-state index in [4.69, 9.17) is 4.74 Å². The van der Waals surface area contributed by atoms with E-state index in [0.717, 1.165) is 12.5 Å². The van der Waals surface area contributed by atoms with Gasteiger partial charge in [0.1, 0.15) is 22.6 Å². The van der Waals surface area contributed by atoms with Crippen LogP contribution in [0, 0.1) is 17.7 Å². The maximum Gasteiger partial charge on any atom is 0.247 e. The maximum atomic E-state index is 14.5. The lowest BCUT2D eigenvalue weighted by Crippen LogP contribution is -2.49. The van der Waals surface area contributed by atoms with Gasteiger partial charge in [-0.3, -0.25) is 0 Å². The molecule has 1 aliphatic carbocycles. The summed E-state index contributed by atoms with van der Waals surface area (Å²) < 4.78 is 49.4. The summed E-state index contributed by atoms with van der Waals surface area (Å²) in [6.45, 7) is 5.30. The third-order valence-electron chi connectivity index (χ3n) is 6.61. The molecule has 180 valence electrons. The van der Waals surface area contributed by atoms with Gasteiger partial charge in [0.25, 0.3) is 0 Å². The van der Waals surface area contributed by atoms with Crippen molar-refractivity contribution in [3.8, 4) is 16.9 Å². The summed E-state index contributed by atoms with van der Waals surface area (Å²) in [7, 11) is -1.85. The van der Waals surface area contributed by atoms with Gasteiger partial charge in [-0.15, -0.1) is 0 Å². The Hall–Kier alpha value is -2.00. The fraction of sp³-hybridized carbons (Fsp3) is 0.520. The molecule has 0 bridgehead atoms. The van der Waals surface area contributed by atoms with E-state index >= 15 is 0 Å². The number of fused-ring (bicyclic) bond motifs is 1. The summed E-state index contributed by atoms with van der Waals surface area (Å²) in [6.07, 6.45) is 2.24. The summed E-state index contributed by atoms with van der Waals surface area (Å²) >= 11 is 0. The zero-order valence-electron chi connectivity index (χ0n) is 19.4. The second-order valence-electron chi connectivity index (χ2n) is 9.55. The minimum atomic E-state index is -3.92. The highest BCUT2D eigenvalue weighted by molar-refractivity contribution is 7.89. The van der Waals surface area contributed by atoms with Crippen LogP contribution < -0.4 is 4.74 Å². The van der Waals surface area contributed by atoms with Gasteiger partial charge in [-0.1, -0.05) is 31.2 Å². The molecule has 33 heavy (non-hydrogen) atoms. The van der Waals surface area contributed by atoms with Gasteiger partial charge in [0.15, 0.2) is 0 Å². The summed E-state index contributed by atoms with van der Waals surface area (Å²) in [4.78, 5) is 2.29. The van der Waals surface area contributed by atoms with Crippen molar-refractivity contribution in [2.45, 2.75) is 43.7 Å².